The van der Waals surface area contributed by atoms with Gasteiger partial charge in [0, 0.05) is 7.05 Å². The lowest BCUT2D eigenvalue weighted by atomic mass is 10.0. The fraction of sp³-hybridized carbons (Fsp3) is 0.545. The van der Waals surface area contributed by atoms with Crippen molar-refractivity contribution in [1.29, 1.82) is 0 Å². The van der Waals surface area contributed by atoms with E-state index in [2.05, 4.69) is 24.8 Å². The second-order valence-electron chi connectivity index (χ2n) is 5.55. The number of anilines is 2. The third-order valence-electron chi connectivity index (χ3n) is 3.75. The zero-order valence-electron chi connectivity index (χ0n) is 13.1. The molecule has 1 saturated heterocycles. The Hall–Kier alpha value is -1.89. The number of aliphatic hydroxyl groups excluding tert-OH is 1. The van der Waals surface area contributed by atoms with Gasteiger partial charge in [0.1, 0.15) is 6.10 Å². The molecule has 0 radical (unpaired) electrons. The van der Waals surface area contributed by atoms with Crippen LogP contribution in [0.15, 0.2) is 6.33 Å². The highest BCUT2D eigenvalue weighted by Gasteiger charge is 2.57. The van der Waals surface area contributed by atoms with Crippen molar-refractivity contribution in [1.82, 2.24) is 19.5 Å². The molecule has 0 saturated carbocycles. The van der Waals surface area contributed by atoms with E-state index >= 15 is 4.39 Å². The summed E-state index contributed by atoms with van der Waals surface area (Å²) in [6.45, 7) is 1.00. The van der Waals surface area contributed by atoms with E-state index in [4.69, 9.17) is 20.3 Å². The van der Waals surface area contributed by atoms with E-state index in [1.807, 2.05) is 0 Å². The van der Waals surface area contributed by atoms with E-state index < -0.39 is 32.1 Å². The van der Waals surface area contributed by atoms with Crippen molar-refractivity contribution in [2.24, 2.45) is 0 Å². The average Bonchev–Trinajstić information content (AvgIpc) is 2.99. The van der Waals surface area contributed by atoms with Crippen LogP contribution in [-0.4, -0.2) is 59.5 Å². The number of aliphatic hydroxyl groups is 1. The molecule has 0 unspecified atom stereocenters. The number of nitrogen functional groups attached to an aromatic ring is 1. The van der Waals surface area contributed by atoms with Crippen molar-refractivity contribution in [2.75, 3.05) is 18.1 Å². The van der Waals surface area contributed by atoms with Gasteiger partial charge in [0.25, 0.3) is 0 Å². The van der Waals surface area contributed by atoms with E-state index in [1.54, 1.807) is 7.05 Å². The molecule has 2 aromatic rings. The zero-order chi connectivity index (χ0) is 18.6. The largest absolute Gasteiger partial charge is 0.472 e. The van der Waals surface area contributed by atoms with Gasteiger partial charge in [-0.1, -0.05) is 0 Å². The van der Waals surface area contributed by atoms with Crippen molar-refractivity contribution in [3.05, 3.63) is 6.33 Å². The highest BCUT2D eigenvalue weighted by molar-refractivity contribution is 7.46. The molecule has 1 fully saturated rings. The number of imidazole rings is 1. The van der Waals surface area contributed by atoms with Crippen LogP contribution in [0.4, 0.5) is 16.2 Å². The summed E-state index contributed by atoms with van der Waals surface area (Å²) in [5.41, 5.74) is 3.53. The summed E-state index contributed by atoms with van der Waals surface area (Å²) in [6.07, 6.45) is -4.19. The van der Waals surface area contributed by atoms with Gasteiger partial charge in [0.05, 0.1) is 6.33 Å². The highest BCUT2D eigenvalue weighted by atomic mass is 31.2. The maximum Gasteiger partial charge on any atom is 0.472 e. The summed E-state index contributed by atoms with van der Waals surface area (Å²) in [6, 6.07) is 0. The fourth-order valence-electron chi connectivity index (χ4n) is 2.58. The zero-order valence-corrected chi connectivity index (χ0v) is 14.0. The fourth-order valence-corrected chi connectivity index (χ4v) is 3.02. The summed E-state index contributed by atoms with van der Waals surface area (Å²) >= 11 is 0. The number of phosphoric ester groups is 1. The number of nitrogens with zero attached hydrogens (tertiary/aromatic N) is 4. The maximum absolute atomic E-state index is 15.0. The normalized spacial score (nSPS) is 30.1. The summed E-state index contributed by atoms with van der Waals surface area (Å²) in [4.78, 5) is 29.7. The predicted octanol–water partition coefficient (Wildman–Crippen LogP) is -0.497. The number of nitrogens with two attached hydrogens (primary N) is 1. The molecule has 138 valence electrons. The Morgan fingerprint density at radius 1 is 1.52 bits per heavy atom. The molecule has 0 aliphatic carbocycles. The first-order valence-corrected chi connectivity index (χ1v) is 8.52. The van der Waals surface area contributed by atoms with Gasteiger partial charge in [0.2, 0.25) is 12.2 Å². The second-order valence-corrected chi connectivity index (χ2v) is 6.75. The number of ether oxygens (including phenoxy) is 1. The number of nitrogens with one attached hydrogen (secondary N) is 1. The number of alkyl halides is 1. The van der Waals surface area contributed by atoms with Crippen LogP contribution in [0.1, 0.15) is 13.2 Å². The Labute approximate surface area is 140 Å². The Balaban J connectivity index is 2.05. The number of halogens is 1. The topological polar surface area (TPSA) is 178 Å². The second kappa shape index (κ2) is 5.83. The molecular formula is C11H16FN6O6P. The van der Waals surface area contributed by atoms with Crippen molar-refractivity contribution < 1.29 is 33.1 Å². The van der Waals surface area contributed by atoms with E-state index in [1.165, 1.54) is 6.33 Å². The molecule has 1 aliphatic rings. The Bertz CT molecular complexity index is 855. The smallest absolute Gasteiger partial charge is 0.384 e. The first kappa shape index (κ1) is 17.9. The van der Waals surface area contributed by atoms with Gasteiger partial charge >= 0.3 is 7.82 Å². The SMILES string of the molecule is CNc1nc(N)nc2c1ncn2[C@@H]1O[C@H](OP(=O)(O)O)[C@@H](O)[C@@]1(C)F. The van der Waals surface area contributed by atoms with E-state index in [0.717, 1.165) is 11.5 Å². The molecule has 1 aliphatic heterocycles. The molecule has 6 N–H and O–H groups in total. The van der Waals surface area contributed by atoms with Gasteiger partial charge in [-0.3, -0.25) is 9.09 Å². The standard InChI is InChI=1S/C11H16FN6O6P/c1-11(12)5(19)8(24-25(20,21)22)23-9(11)18-3-15-4-6(14-2)16-10(13)17-7(4)18/h3,5,8-9,19H,1-2H3,(H2,20,21,22)(H3,13,14,16,17)/t5-,8-,9-,11-/m1/s1. The molecule has 14 heteroatoms. The predicted molar refractivity (Wildman–Crippen MR) is 81.8 cm³/mol. The number of phosphoric acid groups is 1. The van der Waals surface area contributed by atoms with Gasteiger partial charge in [0.15, 0.2) is 28.9 Å². The summed E-state index contributed by atoms with van der Waals surface area (Å²) in [7, 11) is -3.43. The molecule has 0 bridgehead atoms. The molecule has 2 aromatic heterocycles. The Kier molecular flexibility index (Phi) is 4.18. The van der Waals surface area contributed by atoms with Gasteiger partial charge in [-0.25, -0.2) is 13.9 Å². The van der Waals surface area contributed by atoms with Crippen LogP contribution in [0, 0.1) is 0 Å². The summed E-state index contributed by atoms with van der Waals surface area (Å²) in [5, 5.41) is 12.8. The first-order chi connectivity index (χ1) is 11.5. The average molecular weight is 378 g/mol. The number of fused-ring (bicyclic) bond motifs is 1. The van der Waals surface area contributed by atoms with Crippen LogP contribution in [0.3, 0.4) is 0 Å². The molecule has 25 heavy (non-hydrogen) atoms. The van der Waals surface area contributed by atoms with Crippen LogP contribution >= 0.6 is 7.82 Å². The quantitative estimate of drug-likeness (QED) is 0.433. The summed E-state index contributed by atoms with van der Waals surface area (Å²) < 4.78 is 36.6. The molecule has 0 amide bonds. The molecule has 3 rings (SSSR count). The molecule has 12 nitrogen and oxygen atoms in total. The van der Waals surface area contributed by atoms with E-state index in [9.17, 15) is 9.67 Å². The van der Waals surface area contributed by atoms with Crippen molar-refractivity contribution >= 4 is 30.8 Å². The van der Waals surface area contributed by atoms with Crippen LogP contribution in [0.5, 0.6) is 0 Å². The maximum atomic E-state index is 15.0. The van der Waals surface area contributed by atoms with Crippen LogP contribution in [0.2, 0.25) is 0 Å². The Morgan fingerprint density at radius 2 is 2.20 bits per heavy atom. The number of aromatic nitrogens is 4. The summed E-state index contributed by atoms with van der Waals surface area (Å²) in [5.74, 6) is 0.184. The minimum atomic E-state index is -5.01. The molecule has 0 aromatic carbocycles. The number of hydrogen-bond acceptors (Lipinski definition) is 9. The minimum absolute atomic E-state index is 0.106. The van der Waals surface area contributed by atoms with Gasteiger partial charge in [-0.05, 0) is 6.92 Å². The Morgan fingerprint density at radius 3 is 2.80 bits per heavy atom. The van der Waals surface area contributed by atoms with Gasteiger partial charge < -0.3 is 30.7 Å². The number of rotatable bonds is 4. The van der Waals surface area contributed by atoms with Crippen molar-refractivity contribution in [2.45, 2.75) is 31.2 Å². The van der Waals surface area contributed by atoms with Crippen LogP contribution in [0.25, 0.3) is 11.2 Å². The minimum Gasteiger partial charge on any atom is -0.384 e. The van der Waals surface area contributed by atoms with Crippen molar-refractivity contribution in [3.63, 3.8) is 0 Å². The van der Waals surface area contributed by atoms with Crippen LogP contribution < -0.4 is 11.1 Å². The van der Waals surface area contributed by atoms with Gasteiger partial charge in [-0.15, -0.1) is 0 Å². The highest BCUT2D eigenvalue weighted by Crippen LogP contribution is 2.48. The third kappa shape index (κ3) is 3.05. The molecular weight excluding hydrogens is 362 g/mol. The lowest BCUT2D eigenvalue weighted by Gasteiger charge is -2.24. The van der Waals surface area contributed by atoms with Gasteiger partial charge in [-0.2, -0.15) is 9.97 Å². The molecule has 3 heterocycles. The molecule has 0 spiro atoms. The van der Waals surface area contributed by atoms with Crippen molar-refractivity contribution in [3.8, 4) is 0 Å². The molecule has 4 atom stereocenters. The third-order valence-corrected chi connectivity index (χ3v) is 4.23. The number of hydrogen-bond donors (Lipinski definition) is 5. The van der Waals surface area contributed by atoms with E-state index in [0.29, 0.717) is 5.82 Å². The first-order valence-electron chi connectivity index (χ1n) is 6.99. The monoisotopic (exact) mass is 378 g/mol. The lowest BCUT2D eigenvalue weighted by Crippen LogP contribution is -2.40. The van der Waals surface area contributed by atoms with Crippen LogP contribution in [-0.2, 0) is 13.8 Å². The van der Waals surface area contributed by atoms with E-state index in [-0.39, 0.29) is 17.1 Å². The lowest BCUT2D eigenvalue weighted by molar-refractivity contribution is -0.134.